The van der Waals surface area contributed by atoms with Gasteiger partial charge in [-0.05, 0) is 25.1 Å². The van der Waals surface area contributed by atoms with Crippen molar-refractivity contribution in [1.82, 2.24) is 14.3 Å². The minimum Gasteiger partial charge on any atom is -0.479 e. The number of hydrogen-bond acceptors (Lipinski definition) is 8. The number of nitrogens with zero attached hydrogens (tertiary/aromatic N) is 4. The van der Waals surface area contributed by atoms with Crippen LogP contribution < -0.4 is 14.7 Å². The van der Waals surface area contributed by atoms with Crippen LogP contribution in [0.3, 0.4) is 0 Å². The lowest BCUT2D eigenvalue weighted by atomic mass is 10.3. The van der Waals surface area contributed by atoms with Crippen LogP contribution in [0.2, 0.25) is 0 Å². The van der Waals surface area contributed by atoms with Crippen molar-refractivity contribution in [2.24, 2.45) is 17.2 Å². The van der Waals surface area contributed by atoms with Gasteiger partial charge < -0.3 is 14.0 Å². The summed E-state index contributed by atoms with van der Waals surface area (Å²) < 4.78 is 36.8. The van der Waals surface area contributed by atoms with E-state index in [-0.39, 0.29) is 34.3 Å². The summed E-state index contributed by atoms with van der Waals surface area (Å²) in [7, 11) is -0.905. The summed E-state index contributed by atoms with van der Waals surface area (Å²) >= 11 is 1.04. The number of rotatable bonds is 6. The number of hydrogen-bond donors (Lipinski definition) is 1. The van der Waals surface area contributed by atoms with Crippen molar-refractivity contribution in [3.8, 4) is 5.88 Å². The monoisotopic (exact) mass is 453 g/mol. The number of esters is 1. The summed E-state index contributed by atoms with van der Waals surface area (Å²) in [5, 5.41) is 9.22. The molecule has 2 N–H and O–H groups in total. The molecule has 2 aromatic heterocycles. The molecule has 0 atom stereocenters. The zero-order valence-electron chi connectivity index (χ0n) is 16.4. The van der Waals surface area contributed by atoms with Crippen molar-refractivity contribution in [1.29, 1.82) is 0 Å². The number of fused-ring (bicyclic) bond motifs is 1. The number of carbonyl (C=O) groups excluding carboxylic acids is 2. The van der Waals surface area contributed by atoms with Crippen LogP contribution in [0.15, 0.2) is 34.3 Å². The Morgan fingerprint density at radius 2 is 2.07 bits per heavy atom. The third-order valence-corrected chi connectivity index (χ3v) is 5.94. The first-order valence-corrected chi connectivity index (χ1v) is 11.0. The molecule has 0 bridgehead atoms. The number of sulfonamides is 1. The third kappa shape index (κ3) is 4.42. The lowest BCUT2D eigenvalue weighted by molar-refractivity contribution is -0.143. The lowest BCUT2D eigenvalue weighted by Gasteiger charge is -2.05. The molecule has 0 aliphatic carbocycles. The van der Waals surface area contributed by atoms with E-state index in [1.807, 2.05) is 0 Å². The van der Waals surface area contributed by atoms with Crippen LogP contribution in [0.25, 0.3) is 10.2 Å². The fraction of sp³-hybridized carbons (Fsp3) is 0.294. The summed E-state index contributed by atoms with van der Waals surface area (Å²) in [5.41, 5.74) is 0.649. The van der Waals surface area contributed by atoms with Gasteiger partial charge in [0.2, 0.25) is 15.9 Å². The molecule has 1 amide bonds. The van der Waals surface area contributed by atoms with Crippen molar-refractivity contribution in [3.05, 3.63) is 34.8 Å². The Bertz CT molecular complexity index is 1300. The molecule has 3 aromatic rings. The minimum absolute atomic E-state index is 0.0914. The average Bonchev–Trinajstić information content (AvgIpc) is 3.21. The first-order chi connectivity index (χ1) is 14.1. The van der Waals surface area contributed by atoms with Gasteiger partial charge in [0.15, 0.2) is 4.80 Å². The zero-order valence-corrected chi connectivity index (χ0v) is 18.0. The van der Waals surface area contributed by atoms with Crippen LogP contribution in [0, 0.1) is 0 Å². The molecule has 0 spiro atoms. The summed E-state index contributed by atoms with van der Waals surface area (Å²) in [4.78, 5) is 29.0. The van der Waals surface area contributed by atoms with Crippen LogP contribution in [-0.2, 0) is 33.1 Å². The Morgan fingerprint density at radius 3 is 2.70 bits per heavy atom. The molecular weight excluding hydrogens is 434 g/mol. The standard InChI is InChI=1S/C17H19N5O6S2/c1-4-28-14(23)9-22-12-6-5-10(30(18,25)26)7-13(12)29-17(22)19-15(24)11-8-21(2)20-16(11)27-3/h5-8H,4,9H2,1-3H3,(H2,18,25,26). The molecule has 160 valence electrons. The Kier molecular flexibility index (Phi) is 6.05. The van der Waals surface area contributed by atoms with Gasteiger partial charge in [-0.25, -0.2) is 13.6 Å². The molecular formula is C17H19N5O6S2. The molecule has 0 radical (unpaired) electrons. The molecule has 0 saturated carbocycles. The smallest absolute Gasteiger partial charge is 0.326 e. The summed E-state index contributed by atoms with van der Waals surface area (Å²) in [6.07, 6.45) is 1.47. The molecule has 0 saturated heterocycles. The Hall–Kier alpha value is -3.03. The number of benzene rings is 1. The van der Waals surface area contributed by atoms with Gasteiger partial charge in [-0.3, -0.25) is 14.3 Å². The number of methoxy groups -OCH3 is 1. The third-order valence-electron chi connectivity index (χ3n) is 3.99. The first-order valence-electron chi connectivity index (χ1n) is 8.62. The molecule has 2 heterocycles. The highest BCUT2D eigenvalue weighted by Gasteiger charge is 2.19. The second kappa shape index (κ2) is 8.38. The molecule has 0 fully saturated rings. The van der Waals surface area contributed by atoms with E-state index < -0.39 is 21.9 Å². The number of ether oxygens (including phenoxy) is 2. The molecule has 1 aromatic carbocycles. The predicted molar refractivity (Wildman–Crippen MR) is 107 cm³/mol. The maximum Gasteiger partial charge on any atom is 0.326 e. The molecule has 0 aliphatic rings. The van der Waals surface area contributed by atoms with Crippen molar-refractivity contribution < 1.29 is 27.5 Å². The molecule has 3 rings (SSSR count). The van der Waals surface area contributed by atoms with E-state index >= 15 is 0 Å². The van der Waals surface area contributed by atoms with Gasteiger partial charge in [0.05, 0.1) is 28.8 Å². The van der Waals surface area contributed by atoms with Crippen LogP contribution in [0.5, 0.6) is 5.88 Å². The highest BCUT2D eigenvalue weighted by molar-refractivity contribution is 7.89. The van der Waals surface area contributed by atoms with E-state index in [2.05, 4.69) is 10.1 Å². The van der Waals surface area contributed by atoms with E-state index in [4.69, 9.17) is 14.6 Å². The van der Waals surface area contributed by atoms with Crippen LogP contribution >= 0.6 is 11.3 Å². The van der Waals surface area contributed by atoms with Gasteiger partial charge in [-0.1, -0.05) is 11.3 Å². The molecule has 13 heteroatoms. The highest BCUT2D eigenvalue weighted by Crippen LogP contribution is 2.22. The van der Waals surface area contributed by atoms with Crippen molar-refractivity contribution in [2.75, 3.05) is 13.7 Å². The van der Waals surface area contributed by atoms with Gasteiger partial charge in [-0.2, -0.15) is 4.99 Å². The van der Waals surface area contributed by atoms with Crippen molar-refractivity contribution >= 4 is 43.5 Å². The Labute approximate surface area is 175 Å². The van der Waals surface area contributed by atoms with Crippen LogP contribution in [0.4, 0.5) is 0 Å². The number of nitrogens with two attached hydrogens (primary N) is 1. The van der Waals surface area contributed by atoms with Gasteiger partial charge in [0.1, 0.15) is 12.1 Å². The van der Waals surface area contributed by atoms with Crippen LogP contribution in [-0.4, -0.2) is 48.4 Å². The van der Waals surface area contributed by atoms with Gasteiger partial charge in [0.25, 0.3) is 5.91 Å². The van der Waals surface area contributed by atoms with E-state index in [9.17, 15) is 18.0 Å². The minimum atomic E-state index is -3.92. The first kappa shape index (κ1) is 21.7. The normalized spacial score (nSPS) is 12.3. The lowest BCUT2D eigenvalue weighted by Crippen LogP contribution is -2.23. The van der Waals surface area contributed by atoms with E-state index in [0.717, 1.165) is 11.3 Å². The predicted octanol–water partition coefficient (Wildman–Crippen LogP) is 0.397. The number of aryl methyl sites for hydroxylation is 1. The maximum absolute atomic E-state index is 12.7. The van der Waals surface area contributed by atoms with Gasteiger partial charge in [-0.15, -0.1) is 5.10 Å². The number of thiazole rings is 1. The fourth-order valence-corrected chi connectivity index (χ4v) is 4.40. The topological polar surface area (TPSA) is 148 Å². The van der Waals surface area contributed by atoms with Gasteiger partial charge in [0, 0.05) is 13.2 Å². The van der Waals surface area contributed by atoms with E-state index in [1.165, 1.54) is 40.8 Å². The van der Waals surface area contributed by atoms with Gasteiger partial charge >= 0.3 is 5.97 Å². The summed E-state index contributed by atoms with van der Waals surface area (Å²) in [5.74, 6) is -1.04. The second-order valence-corrected chi connectivity index (χ2v) is 8.66. The Balaban J connectivity index is 2.18. The number of carbonyl (C=O) groups is 2. The van der Waals surface area contributed by atoms with E-state index in [0.29, 0.717) is 10.2 Å². The quantitative estimate of drug-likeness (QED) is 0.531. The Morgan fingerprint density at radius 1 is 1.33 bits per heavy atom. The molecule has 11 nitrogen and oxygen atoms in total. The summed E-state index contributed by atoms with van der Waals surface area (Å²) in [6, 6.07) is 4.19. The van der Waals surface area contributed by atoms with Crippen molar-refractivity contribution in [3.63, 3.8) is 0 Å². The molecule has 0 aliphatic heterocycles. The molecule has 30 heavy (non-hydrogen) atoms. The maximum atomic E-state index is 12.7. The largest absolute Gasteiger partial charge is 0.479 e. The fourth-order valence-electron chi connectivity index (χ4n) is 2.72. The number of primary sulfonamides is 1. The number of aromatic nitrogens is 3. The van der Waals surface area contributed by atoms with Crippen LogP contribution in [0.1, 0.15) is 17.3 Å². The van der Waals surface area contributed by atoms with E-state index in [1.54, 1.807) is 14.0 Å². The zero-order chi connectivity index (χ0) is 22.1. The highest BCUT2D eigenvalue weighted by atomic mass is 32.2. The molecule has 0 unspecified atom stereocenters. The number of amides is 1. The SMILES string of the molecule is CCOC(=O)Cn1c(=NC(=O)c2cn(C)nc2OC)sc2cc(S(N)(=O)=O)ccc21. The van der Waals surface area contributed by atoms with Crippen molar-refractivity contribution in [2.45, 2.75) is 18.4 Å². The second-order valence-electron chi connectivity index (χ2n) is 6.09. The summed E-state index contributed by atoms with van der Waals surface area (Å²) in [6.45, 7) is 1.66. The average molecular weight is 454 g/mol.